The van der Waals surface area contributed by atoms with Crippen molar-refractivity contribution in [2.24, 2.45) is 0 Å². The van der Waals surface area contributed by atoms with Gasteiger partial charge in [-0.3, -0.25) is 14.6 Å². The molecule has 0 unspecified atom stereocenters. The molecular formula is C22H28N4O3S. The third kappa shape index (κ3) is 4.49. The van der Waals surface area contributed by atoms with Gasteiger partial charge in [-0.1, -0.05) is 20.8 Å². The van der Waals surface area contributed by atoms with Crippen LogP contribution in [0.15, 0.2) is 29.6 Å². The van der Waals surface area contributed by atoms with Crippen LogP contribution in [-0.4, -0.2) is 66.1 Å². The van der Waals surface area contributed by atoms with Gasteiger partial charge in [0.1, 0.15) is 6.61 Å². The first-order chi connectivity index (χ1) is 14.3. The van der Waals surface area contributed by atoms with E-state index < -0.39 is 0 Å². The summed E-state index contributed by atoms with van der Waals surface area (Å²) in [6.45, 7) is 11.4. The van der Waals surface area contributed by atoms with Crippen LogP contribution in [0.1, 0.15) is 41.8 Å². The topological polar surface area (TPSA) is 66.0 Å². The zero-order chi connectivity index (χ0) is 21.3. The molecule has 3 heterocycles. The maximum Gasteiger partial charge on any atom is 0.414 e. The number of piperazine rings is 1. The number of thiazole rings is 1. The van der Waals surface area contributed by atoms with Crippen molar-refractivity contribution >= 4 is 29.0 Å². The first-order valence-electron chi connectivity index (χ1n) is 10.3. The molecule has 0 saturated carbocycles. The van der Waals surface area contributed by atoms with Crippen molar-refractivity contribution in [3.05, 3.63) is 45.9 Å². The molecule has 30 heavy (non-hydrogen) atoms. The summed E-state index contributed by atoms with van der Waals surface area (Å²) < 4.78 is 4.97. The molecule has 1 aromatic carbocycles. The number of hydrogen-bond acceptors (Lipinski definition) is 6. The van der Waals surface area contributed by atoms with Crippen LogP contribution in [0.3, 0.4) is 0 Å². The van der Waals surface area contributed by atoms with E-state index in [4.69, 9.17) is 9.72 Å². The molecule has 160 valence electrons. The van der Waals surface area contributed by atoms with E-state index in [2.05, 4.69) is 31.1 Å². The number of carbonyl (C=O) groups is 2. The minimum absolute atomic E-state index is 0.0360. The average Bonchev–Trinajstić information content (AvgIpc) is 3.37. The number of benzene rings is 1. The quantitative estimate of drug-likeness (QED) is 0.747. The number of amides is 2. The van der Waals surface area contributed by atoms with Gasteiger partial charge in [0.25, 0.3) is 5.91 Å². The Morgan fingerprint density at radius 3 is 2.37 bits per heavy atom. The molecule has 0 bridgehead atoms. The van der Waals surface area contributed by atoms with Crippen molar-refractivity contribution in [1.82, 2.24) is 14.8 Å². The molecule has 8 heteroatoms. The molecule has 7 nitrogen and oxygen atoms in total. The number of aromatic nitrogens is 1. The number of ether oxygens (including phenoxy) is 1. The van der Waals surface area contributed by atoms with Crippen LogP contribution in [0.25, 0.3) is 0 Å². The third-order valence-corrected chi connectivity index (χ3v) is 6.74. The predicted octanol–water partition coefficient (Wildman–Crippen LogP) is 3.36. The Bertz CT molecular complexity index is 911. The second-order valence-electron chi connectivity index (χ2n) is 8.78. The minimum Gasteiger partial charge on any atom is -0.447 e. The normalized spacial score (nSPS) is 18.0. The maximum absolute atomic E-state index is 12.9. The van der Waals surface area contributed by atoms with E-state index in [-0.39, 0.29) is 17.4 Å². The van der Waals surface area contributed by atoms with Gasteiger partial charge in [-0.2, -0.15) is 0 Å². The lowest BCUT2D eigenvalue weighted by Gasteiger charge is -2.34. The summed E-state index contributed by atoms with van der Waals surface area (Å²) in [5, 5.41) is 3.31. The molecule has 2 aliphatic rings. The molecule has 0 atom stereocenters. The molecule has 2 amide bonds. The van der Waals surface area contributed by atoms with Crippen molar-refractivity contribution in [1.29, 1.82) is 0 Å². The lowest BCUT2D eigenvalue weighted by Crippen LogP contribution is -2.48. The van der Waals surface area contributed by atoms with Crippen LogP contribution in [-0.2, 0) is 16.7 Å². The highest BCUT2D eigenvalue weighted by atomic mass is 32.1. The Kier molecular flexibility index (Phi) is 5.79. The van der Waals surface area contributed by atoms with E-state index in [0.717, 1.165) is 36.0 Å². The van der Waals surface area contributed by atoms with E-state index in [9.17, 15) is 9.59 Å². The Morgan fingerprint density at radius 2 is 1.80 bits per heavy atom. The van der Waals surface area contributed by atoms with Crippen molar-refractivity contribution < 1.29 is 14.3 Å². The van der Waals surface area contributed by atoms with E-state index in [0.29, 0.717) is 31.8 Å². The molecule has 2 saturated heterocycles. The van der Waals surface area contributed by atoms with Crippen LogP contribution in [0.5, 0.6) is 0 Å². The monoisotopic (exact) mass is 428 g/mol. The lowest BCUT2D eigenvalue weighted by atomic mass is 9.98. The second kappa shape index (κ2) is 8.35. The second-order valence-corrected chi connectivity index (χ2v) is 9.63. The van der Waals surface area contributed by atoms with Crippen LogP contribution in [0.2, 0.25) is 0 Å². The predicted molar refractivity (Wildman–Crippen MR) is 117 cm³/mol. The Morgan fingerprint density at radius 1 is 1.10 bits per heavy atom. The van der Waals surface area contributed by atoms with Crippen molar-refractivity contribution in [3.8, 4) is 0 Å². The zero-order valence-electron chi connectivity index (χ0n) is 17.8. The number of carbonyl (C=O) groups excluding carboxylic acids is 2. The SMILES string of the molecule is CC(C)(C)c1nc(CN2CCN(C(=O)c3ccc(N4CCOC4=O)cc3)CC2)cs1. The van der Waals surface area contributed by atoms with Gasteiger partial charge >= 0.3 is 6.09 Å². The van der Waals surface area contributed by atoms with E-state index in [1.807, 2.05) is 17.0 Å². The molecule has 0 N–H and O–H groups in total. The highest BCUT2D eigenvalue weighted by Crippen LogP contribution is 2.26. The summed E-state index contributed by atoms with van der Waals surface area (Å²) in [5.41, 5.74) is 2.60. The van der Waals surface area contributed by atoms with Crippen molar-refractivity contribution in [2.75, 3.05) is 44.2 Å². The Balaban J connectivity index is 1.31. The van der Waals surface area contributed by atoms with Gasteiger partial charge in [0.15, 0.2) is 0 Å². The fourth-order valence-electron chi connectivity index (χ4n) is 3.66. The number of rotatable bonds is 4. The van der Waals surface area contributed by atoms with E-state index in [1.165, 1.54) is 0 Å². The molecule has 1 aromatic heterocycles. The molecule has 0 radical (unpaired) electrons. The maximum atomic E-state index is 12.9. The number of nitrogens with zero attached hydrogens (tertiary/aromatic N) is 4. The fourth-order valence-corrected chi connectivity index (χ4v) is 4.56. The molecular weight excluding hydrogens is 400 g/mol. The Hall–Kier alpha value is -2.45. The van der Waals surface area contributed by atoms with Crippen LogP contribution < -0.4 is 4.90 Å². The zero-order valence-corrected chi connectivity index (χ0v) is 18.6. The summed E-state index contributed by atoms with van der Waals surface area (Å²) >= 11 is 1.72. The first kappa shape index (κ1) is 20.8. The standard InChI is InChI=1S/C22H28N4O3S/c1-22(2,3)20-23-17(15-30-20)14-24-8-10-25(11-9-24)19(27)16-4-6-18(7-5-16)26-12-13-29-21(26)28/h4-7,15H,8-14H2,1-3H3. The molecule has 2 aliphatic heterocycles. The molecule has 0 aliphatic carbocycles. The molecule has 4 rings (SSSR count). The van der Waals surface area contributed by atoms with Crippen molar-refractivity contribution in [3.63, 3.8) is 0 Å². The third-order valence-electron chi connectivity index (χ3n) is 5.43. The van der Waals surface area contributed by atoms with Gasteiger partial charge in [-0.25, -0.2) is 9.78 Å². The van der Waals surface area contributed by atoms with Gasteiger partial charge in [-0.15, -0.1) is 11.3 Å². The average molecular weight is 429 g/mol. The fraction of sp³-hybridized carbons (Fsp3) is 0.500. The number of cyclic esters (lactones) is 1. The van der Waals surface area contributed by atoms with Gasteiger partial charge in [0.05, 0.1) is 17.2 Å². The lowest BCUT2D eigenvalue weighted by molar-refractivity contribution is 0.0627. The highest BCUT2D eigenvalue weighted by Gasteiger charge is 2.26. The smallest absolute Gasteiger partial charge is 0.414 e. The number of hydrogen-bond donors (Lipinski definition) is 0. The summed E-state index contributed by atoms with van der Waals surface area (Å²) in [6.07, 6.45) is -0.333. The van der Waals surface area contributed by atoms with Gasteiger partial charge in [0.2, 0.25) is 0 Å². The van der Waals surface area contributed by atoms with E-state index >= 15 is 0 Å². The summed E-state index contributed by atoms with van der Waals surface area (Å²) in [7, 11) is 0. The van der Waals surface area contributed by atoms with Crippen LogP contribution in [0.4, 0.5) is 10.5 Å². The largest absolute Gasteiger partial charge is 0.447 e. The van der Waals surface area contributed by atoms with Crippen molar-refractivity contribution in [2.45, 2.75) is 32.7 Å². The molecule has 0 spiro atoms. The number of anilines is 1. The highest BCUT2D eigenvalue weighted by molar-refractivity contribution is 7.09. The summed E-state index contributed by atoms with van der Waals surface area (Å²) in [5.74, 6) is 0.0360. The van der Waals surface area contributed by atoms with Gasteiger partial charge < -0.3 is 9.64 Å². The Labute approximate surface area is 181 Å². The summed E-state index contributed by atoms with van der Waals surface area (Å²) in [4.78, 5) is 35.2. The van der Waals surface area contributed by atoms with Crippen LogP contribution >= 0.6 is 11.3 Å². The van der Waals surface area contributed by atoms with Gasteiger partial charge in [0, 0.05) is 54.8 Å². The minimum atomic E-state index is -0.333. The van der Waals surface area contributed by atoms with Crippen LogP contribution in [0, 0.1) is 0 Å². The molecule has 2 aromatic rings. The summed E-state index contributed by atoms with van der Waals surface area (Å²) in [6, 6.07) is 7.20. The van der Waals surface area contributed by atoms with E-state index in [1.54, 1.807) is 28.4 Å². The molecule has 2 fully saturated rings. The van der Waals surface area contributed by atoms with Gasteiger partial charge in [-0.05, 0) is 24.3 Å². The first-order valence-corrected chi connectivity index (χ1v) is 11.2.